The van der Waals surface area contributed by atoms with E-state index in [1.165, 1.54) is 16.7 Å². The summed E-state index contributed by atoms with van der Waals surface area (Å²) in [4.78, 5) is 0. The van der Waals surface area contributed by atoms with Crippen LogP contribution in [0.25, 0.3) is 5.57 Å². The Labute approximate surface area is 122 Å². The molecule has 1 aromatic carbocycles. The Morgan fingerprint density at radius 3 is 2.25 bits per heavy atom. The lowest BCUT2D eigenvalue weighted by Crippen LogP contribution is -1.89. The minimum Gasteiger partial charge on any atom is -0.0990 e. The molecule has 0 radical (unpaired) electrons. The minimum atomic E-state index is 0.931. The Kier molecular flexibility index (Phi) is 6.25. The summed E-state index contributed by atoms with van der Waals surface area (Å²) in [5.74, 6) is 0. The van der Waals surface area contributed by atoms with E-state index in [1.54, 1.807) is 12.2 Å². The van der Waals surface area contributed by atoms with Crippen molar-refractivity contribution < 1.29 is 0 Å². The van der Waals surface area contributed by atoms with Gasteiger partial charge in [-0.15, -0.1) is 0 Å². The van der Waals surface area contributed by atoms with Crippen LogP contribution in [-0.2, 0) is 0 Å². The second-order valence-corrected chi connectivity index (χ2v) is 4.48. The second-order valence-electron chi connectivity index (χ2n) is 4.48. The van der Waals surface area contributed by atoms with E-state index in [2.05, 4.69) is 50.9 Å². The zero-order chi connectivity index (χ0) is 15.0. The zero-order valence-corrected chi connectivity index (χ0v) is 12.4. The number of hydrogen-bond acceptors (Lipinski definition) is 0. The average Bonchev–Trinajstić information content (AvgIpc) is 2.50. The number of rotatable bonds is 6. The van der Waals surface area contributed by atoms with E-state index in [4.69, 9.17) is 0 Å². The van der Waals surface area contributed by atoms with Crippen molar-refractivity contribution in [2.75, 3.05) is 0 Å². The lowest BCUT2D eigenvalue weighted by Gasteiger charge is -2.10. The summed E-state index contributed by atoms with van der Waals surface area (Å²) in [7, 11) is 0. The molecule has 0 saturated heterocycles. The third-order valence-corrected chi connectivity index (χ3v) is 3.15. The van der Waals surface area contributed by atoms with E-state index >= 15 is 0 Å². The molecular formula is C20H22. The van der Waals surface area contributed by atoms with E-state index in [9.17, 15) is 0 Å². The fraction of sp³-hybridized carbons (Fsp3) is 0.100. The van der Waals surface area contributed by atoms with Crippen LogP contribution < -0.4 is 0 Å². The molecule has 0 aliphatic carbocycles. The van der Waals surface area contributed by atoms with Crippen LogP contribution in [0.1, 0.15) is 19.4 Å². The highest BCUT2D eigenvalue weighted by atomic mass is 14.1. The summed E-state index contributed by atoms with van der Waals surface area (Å²) in [6.45, 7) is 15.8. The molecule has 1 aromatic rings. The largest absolute Gasteiger partial charge is 0.0990 e. The van der Waals surface area contributed by atoms with Gasteiger partial charge in [0.1, 0.15) is 0 Å². The van der Waals surface area contributed by atoms with E-state index in [1.807, 2.05) is 31.2 Å². The third-order valence-electron chi connectivity index (χ3n) is 3.15. The molecule has 0 heterocycles. The van der Waals surface area contributed by atoms with Crippen LogP contribution in [0.15, 0.2) is 97.2 Å². The Morgan fingerprint density at radius 2 is 1.75 bits per heavy atom. The molecule has 0 spiro atoms. The second kappa shape index (κ2) is 7.96. The van der Waals surface area contributed by atoms with Gasteiger partial charge >= 0.3 is 0 Å². The van der Waals surface area contributed by atoms with Crippen LogP contribution in [0.2, 0.25) is 0 Å². The Balaban J connectivity index is 3.29. The van der Waals surface area contributed by atoms with Gasteiger partial charge in [-0.3, -0.25) is 0 Å². The summed E-state index contributed by atoms with van der Waals surface area (Å²) in [5.41, 5.74) is 5.50. The maximum atomic E-state index is 4.14. The van der Waals surface area contributed by atoms with Gasteiger partial charge in [0, 0.05) is 0 Å². The first-order valence-electron chi connectivity index (χ1n) is 6.68. The molecule has 0 unspecified atom stereocenters. The predicted octanol–water partition coefficient (Wildman–Crippen LogP) is 5.89. The van der Waals surface area contributed by atoms with Crippen molar-refractivity contribution in [2.45, 2.75) is 13.8 Å². The van der Waals surface area contributed by atoms with Crippen LogP contribution in [0.3, 0.4) is 0 Å². The summed E-state index contributed by atoms with van der Waals surface area (Å²) < 4.78 is 0. The Hall–Kier alpha value is -2.34. The summed E-state index contributed by atoms with van der Waals surface area (Å²) in [6, 6.07) is 10.3. The van der Waals surface area contributed by atoms with Crippen LogP contribution in [0, 0.1) is 0 Å². The van der Waals surface area contributed by atoms with E-state index in [0.717, 1.165) is 11.1 Å². The Morgan fingerprint density at radius 1 is 1.10 bits per heavy atom. The van der Waals surface area contributed by atoms with Crippen molar-refractivity contribution in [3.8, 4) is 0 Å². The fourth-order valence-electron chi connectivity index (χ4n) is 1.89. The number of hydrogen-bond donors (Lipinski definition) is 0. The van der Waals surface area contributed by atoms with Gasteiger partial charge in [0.05, 0.1) is 0 Å². The van der Waals surface area contributed by atoms with Crippen molar-refractivity contribution in [3.63, 3.8) is 0 Å². The van der Waals surface area contributed by atoms with Gasteiger partial charge in [-0.1, -0.05) is 74.4 Å². The predicted molar refractivity (Wildman–Crippen MR) is 91.5 cm³/mol. The first-order chi connectivity index (χ1) is 9.63. The maximum Gasteiger partial charge on any atom is -0.0152 e. The molecule has 0 saturated carbocycles. The fourth-order valence-corrected chi connectivity index (χ4v) is 1.89. The quantitative estimate of drug-likeness (QED) is 0.561. The molecule has 0 nitrogen and oxygen atoms in total. The highest BCUT2D eigenvalue weighted by Gasteiger charge is 2.05. The first kappa shape index (κ1) is 15.7. The van der Waals surface area contributed by atoms with Crippen molar-refractivity contribution >= 4 is 5.57 Å². The molecule has 0 atom stereocenters. The van der Waals surface area contributed by atoms with Crippen molar-refractivity contribution in [3.05, 3.63) is 103 Å². The van der Waals surface area contributed by atoms with Crippen LogP contribution in [-0.4, -0.2) is 0 Å². The molecule has 0 aliphatic heterocycles. The standard InChI is InChI=1S/C20H22/c1-6-12-18(8-3)17(5)15-20(16(4)7-2)19-13-10-9-11-14-19/h6-15H,1,3,5H2,2,4H3/b16-7-,18-12+,20-15+. The number of benzene rings is 1. The van der Waals surface area contributed by atoms with Crippen molar-refractivity contribution in [2.24, 2.45) is 0 Å². The SMILES string of the molecule is C=C/C=C(\C=C)C(=C)/C=C(\C(C)=C/C)c1ccccc1. The molecule has 0 N–H and O–H groups in total. The lowest BCUT2D eigenvalue weighted by atomic mass is 9.94. The molecule has 0 aromatic heterocycles. The van der Waals surface area contributed by atoms with Gasteiger partial charge in [-0.2, -0.15) is 0 Å². The summed E-state index contributed by atoms with van der Waals surface area (Å²) in [5, 5.41) is 0. The van der Waals surface area contributed by atoms with E-state index < -0.39 is 0 Å². The zero-order valence-electron chi connectivity index (χ0n) is 12.4. The summed E-state index contributed by atoms with van der Waals surface area (Å²) >= 11 is 0. The normalized spacial score (nSPS) is 13.0. The molecule has 102 valence electrons. The van der Waals surface area contributed by atoms with Gasteiger partial charge in [0.2, 0.25) is 0 Å². The smallest absolute Gasteiger partial charge is 0.0152 e. The van der Waals surface area contributed by atoms with Gasteiger partial charge in [0.15, 0.2) is 0 Å². The first-order valence-corrected chi connectivity index (χ1v) is 6.68. The van der Waals surface area contributed by atoms with Crippen LogP contribution in [0.5, 0.6) is 0 Å². The minimum absolute atomic E-state index is 0.931. The molecule has 0 bridgehead atoms. The van der Waals surface area contributed by atoms with Crippen molar-refractivity contribution in [1.82, 2.24) is 0 Å². The number of allylic oxidation sites excluding steroid dienone is 9. The van der Waals surface area contributed by atoms with Gasteiger partial charge in [-0.05, 0) is 47.8 Å². The van der Waals surface area contributed by atoms with Crippen LogP contribution >= 0.6 is 0 Å². The lowest BCUT2D eigenvalue weighted by molar-refractivity contribution is 1.44. The molecule has 0 fully saturated rings. The van der Waals surface area contributed by atoms with Crippen molar-refractivity contribution in [1.29, 1.82) is 0 Å². The highest BCUT2D eigenvalue weighted by Crippen LogP contribution is 2.26. The van der Waals surface area contributed by atoms with Gasteiger partial charge < -0.3 is 0 Å². The molecule has 0 amide bonds. The molecule has 1 rings (SSSR count). The van der Waals surface area contributed by atoms with E-state index in [0.29, 0.717) is 0 Å². The van der Waals surface area contributed by atoms with E-state index in [-0.39, 0.29) is 0 Å². The molecule has 0 aliphatic rings. The summed E-state index contributed by atoms with van der Waals surface area (Å²) in [6.07, 6.45) is 9.67. The average molecular weight is 262 g/mol. The highest BCUT2D eigenvalue weighted by molar-refractivity contribution is 5.81. The van der Waals surface area contributed by atoms with Gasteiger partial charge in [0.25, 0.3) is 0 Å². The van der Waals surface area contributed by atoms with Gasteiger partial charge in [-0.25, -0.2) is 0 Å². The molecule has 0 heteroatoms. The topological polar surface area (TPSA) is 0 Å². The maximum absolute atomic E-state index is 4.14. The molecule has 20 heavy (non-hydrogen) atoms. The Bertz CT molecular complexity index is 578. The van der Waals surface area contributed by atoms with Crippen LogP contribution in [0.4, 0.5) is 0 Å². The monoisotopic (exact) mass is 262 g/mol. The molecular weight excluding hydrogens is 240 g/mol. The third kappa shape index (κ3) is 4.10.